The lowest BCUT2D eigenvalue weighted by Gasteiger charge is -2.30. The average molecular weight is 261 g/mol. The molecule has 2 heteroatoms. The molecule has 0 bridgehead atoms. The van der Waals surface area contributed by atoms with Gasteiger partial charge in [0.25, 0.3) is 0 Å². The van der Waals surface area contributed by atoms with E-state index in [1.165, 1.54) is 31.2 Å². The molecular weight excluding hydrogens is 234 g/mol. The molecule has 2 N–H and O–H groups in total. The van der Waals surface area contributed by atoms with Crippen LogP contribution in [0.1, 0.15) is 58.1 Å². The Balaban J connectivity index is 1.97. The fourth-order valence-corrected chi connectivity index (χ4v) is 2.96. The molecule has 0 amide bonds. The summed E-state index contributed by atoms with van der Waals surface area (Å²) in [5.41, 5.74) is 7.67. The van der Waals surface area contributed by atoms with Crippen molar-refractivity contribution in [3.05, 3.63) is 29.8 Å². The van der Waals surface area contributed by atoms with Crippen LogP contribution in [-0.2, 0) is 0 Å². The molecule has 0 aromatic heterocycles. The molecule has 1 aromatic rings. The SMILES string of the molecule is CC1CCC(C(N)c2ccc(OC(C)C)cc2)CC1. The minimum Gasteiger partial charge on any atom is -0.491 e. The monoisotopic (exact) mass is 261 g/mol. The molecule has 1 saturated carbocycles. The van der Waals surface area contributed by atoms with Gasteiger partial charge in [-0.3, -0.25) is 0 Å². The Bertz CT molecular complexity index is 377. The molecular formula is C17H27NO. The van der Waals surface area contributed by atoms with Crippen LogP contribution in [0, 0.1) is 11.8 Å². The van der Waals surface area contributed by atoms with E-state index >= 15 is 0 Å². The van der Waals surface area contributed by atoms with Crippen LogP contribution in [0.3, 0.4) is 0 Å². The Morgan fingerprint density at radius 3 is 2.16 bits per heavy atom. The fraction of sp³-hybridized carbons (Fsp3) is 0.647. The van der Waals surface area contributed by atoms with Crippen molar-refractivity contribution in [2.45, 2.75) is 58.6 Å². The molecule has 2 rings (SSSR count). The highest BCUT2D eigenvalue weighted by atomic mass is 16.5. The third kappa shape index (κ3) is 3.97. The molecule has 1 atom stereocenters. The first-order valence-corrected chi connectivity index (χ1v) is 7.58. The van der Waals surface area contributed by atoms with E-state index in [9.17, 15) is 0 Å². The number of rotatable bonds is 4. The minimum absolute atomic E-state index is 0.181. The van der Waals surface area contributed by atoms with Crippen LogP contribution in [0.15, 0.2) is 24.3 Å². The van der Waals surface area contributed by atoms with Crippen LogP contribution in [0.4, 0.5) is 0 Å². The van der Waals surface area contributed by atoms with E-state index in [0.717, 1.165) is 11.7 Å². The van der Waals surface area contributed by atoms with Gasteiger partial charge in [-0.05, 0) is 56.2 Å². The first-order chi connectivity index (χ1) is 9.06. The van der Waals surface area contributed by atoms with Crippen molar-refractivity contribution < 1.29 is 4.74 Å². The summed E-state index contributed by atoms with van der Waals surface area (Å²) in [6.07, 6.45) is 5.42. The first-order valence-electron chi connectivity index (χ1n) is 7.58. The molecule has 2 nitrogen and oxygen atoms in total. The zero-order valence-corrected chi connectivity index (χ0v) is 12.4. The van der Waals surface area contributed by atoms with Gasteiger partial charge in [0.1, 0.15) is 5.75 Å². The third-order valence-corrected chi connectivity index (χ3v) is 4.21. The van der Waals surface area contributed by atoms with E-state index in [2.05, 4.69) is 19.1 Å². The lowest BCUT2D eigenvalue weighted by Crippen LogP contribution is -2.25. The summed E-state index contributed by atoms with van der Waals surface area (Å²) in [7, 11) is 0. The van der Waals surface area contributed by atoms with Gasteiger partial charge in [-0.2, -0.15) is 0 Å². The van der Waals surface area contributed by atoms with E-state index < -0.39 is 0 Å². The molecule has 0 saturated heterocycles. The second-order valence-electron chi connectivity index (χ2n) is 6.28. The first kappa shape index (κ1) is 14.4. The maximum Gasteiger partial charge on any atom is 0.119 e. The largest absolute Gasteiger partial charge is 0.491 e. The van der Waals surface area contributed by atoms with Gasteiger partial charge in [-0.15, -0.1) is 0 Å². The standard InChI is InChI=1S/C17H27NO/c1-12(2)19-16-10-8-15(9-11-16)17(18)14-6-4-13(3)5-7-14/h8-14,17H,4-7,18H2,1-3H3. The normalized spacial score (nSPS) is 25.3. The van der Waals surface area contributed by atoms with Crippen LogP contribution in [0.2, 0.25) is 0 Å². The van der Waals surface area contributed by atoms with Gasteiger partial charge in [0, 0.05) is 6.04 Å². The maximum absolute atomic E-state index is 6.43. The smallest absolute Gasteiger partial charge is 0.119 e. The quantitative estimate of drug-likeness (QED) is 0.877. The summed E-state index contributed by atoms with van der Waals surface area (Å²) in [6, 6.07) is 8.52. The van der Waals surface area contributed by atoms with Crippen LogP contribution in [0.5, 0.6) is 5.75 Å². The third-order valence-electron chi connectivity index (χ3n) is 4.21. The summed E-state index contributed by atoms with van der Waals surface area (Å²) >= 11 is 0. The highest BCUT2D eigenvalue weighted by molar-refractivity contribution is 5.29. The Hall–Kier alpha value is -1.02. The van der Waals surface area contributed by atoms with Gasteiger partial charge in [-0.25, -0.2) is 0 Å². The van der Waals surface area contributed by atoms with Crippen LogP contribution >= 0.6 is 0 Å². The van der Waals surface area contributed by atoms with Crippen molar-refractivity contribution in [3.8, 4) is 5.75 Å². The molecule has 1 aliphatic rings. The molecule has 1 unspecified atom stereocenters. The summed E-state index contributed by atoms with van der Waals surface area (Å²) in [6.45, 7) is 6.44. The van der Waals surface area contributed by atoms with Crippen LogP contribution < -0.4 is 10.5 Å². The summed E-state index contributed by atoms with van der Waals surface area (Å²) in [5.74, 6) is 2.46. The number of ether oxygens (including phenoxy) is 1. The lowest BCUT2D eigenvalue weighted by molar-refractivity contribution is 0.241. The zero-order valence-electron chi connectivity index (χ0n) is 12.4. The molecule has 1 aromatic carbocycles. The van der Waals surface area contributed by atoms with Crippen molar-refractivity contribution in [2.24, 2.45) is 17.6 Å². The molecule has 0 spiro atoms. The zero-order chi connectivity index (χ0) is 13.8. The molecule has 1 aliphatic carbocycles. The average Bonchev–Trinajstić information content (AvgIpc) is 2.39. The Morgan fingerprint density at radius 2 is 1.63 bits per heavy atom. The Kier molecular flexibility index (Phi) is 4.87. The molecule has 1 fully saturated rings. The maximum atomic E-state index is 6.43. The fourth-order valence-electron chi connectivity index (χ4n) is 2.96. The van der Waals surface area contributed by atoms with Crippen LogP contribution in [-0.4, -0.2) is 6.10 Å². The summed E-state index contributed by atoms with van der Waals surface area (Å²) in [4.78, 5) is 0. The second kappa shape index (κ2) is 6.42. The highest BCUT2D eigenvalue weighted by Crippen LogP contribution is 2.35. The Morgan fingerprint density at radius 1 is 1.05 bits per heavy atom. The topological polar surface area (TPSA) is 35.2 Å². The lowest BCUT2D eigenvalue weighted by atomic mass is 9.78. The number of hydrogen-bond acceptors (Lipinski definition) is 2. The summed E-state index contributed by atoms with van der Waals surface area (Å²) in [5, 5.41) is 0. The predicted molar refractivity (Wildman–Crippen MR) is 80.3 cm³/mol. The van der Waals surface area contributed by atoms with Gasteiger partial charge in [0.2, 0.25) is 0 Å². The van der Waals surface area contributed by atoms with Gasteiger partial charge in [-0.1, -0.05) is 31.9 Å². The van der Waals surface area contributed by atoms with E-state index in [1.807, 2.05) is 26.0 Å². The molecule has 0 heterocycles. The van der Waals surface area contributed by atoms with Gasteiger partial charge < -0.3 is 10.5 Å². The predicted octanol–water partition coefficient (Wildman–Crippen LogP) is 4.30. The van der Waals surface area contributed by atoms with Crippen molar-refractivity contribution in [3.63, 3.8) is 0 Å². The van der Waals surface area contributed by atoms with Crippen molar-refractivity contribution in [1.82, 2.24) is 0 Å². The number of nitrogens with two attached hydrogens (primary N) is 1. The van der Waals surface area contributed by atoms with Crippen molar-refractivity contribution in [2.75, 3.05) is 0 Å². The van der Waals surface area contributed by atoms with Crippen molar-refractivity contribution in [1.29, 1.82) is 0 Å². The molecule has 106 valence electrons. The molecule has 0 aliphatic heterocycles. The van der Waals surface area contributed by atoms with Crippen LogP contribution in [0.25, 0.3) is 0 Å². The number of hydrogen-bond donors (Lipinski definition) is 1. The van der Waals surface area contributed by atoms with E-state index in [4.69, 9.17) is 10.5 Å². The van der Waals surface area contributed by atoms with Crippen molar-refractivity contribution >= 4 is 0 Å². The van der Waals surface area contributed by atoms with E-state index in [0.29, 0.717) is 5.92 Å². The minimum atomic E-state index is 0.181. The van der Waals surface area contributed by atoms with E-state index in [1.54, 1.807) is 0 Å². The van der Waals surface area contributed by atoms with Gasteiger partial charge >= 0.3 is 0 Å². The van der Waals surface area contributed by atoms with E-state index in [-0.39, 0.29) is 12.1 Å². The highest BCUT2D eigenvalue weighted by Gasteiger charge is 2.24. The molecule has 19 heavy (non-hydrogen) atoms. The van der Waals surface area contributed by atoms with Gasteiger partial charge in [0.05, 0.1) is 6.10 Å². The molecule has 0 radical (unpaired) electrons. The second-order valence-corrected chi connectivity index (χ2v) is 6.28. The van der Waals surface area contributed by atoms with Gasteiger partial charge in [0.15, 0.2) is 0 Å². The summed E-state index contributed by atoms with van der Waals surface area (Å²) < 4.78 is 5.67. The number of benzene rings is 1. The Labute approximate surface area is 117 Å².